The number of H-pyrrole nitrogens is 1. The molecule has 1 heterocycles. The van der Waals surface area contributed by atoms with Crippen LogP contribution in [0.1, 0.15) is 24.4 Å². The summed E-state index contributed by atoms with van der Waals surface area (Å²) in [7, 11) is 0. The maximum absolute atomic E-state index is 12.4. The minimum atomic E-state index is -0.648. The number of ether oxygens (including phenoxy) is 1. The molecule has 27 heavy (non-hydrogen) atoms. The summed E-state index contributed by atoms with van der Waals surface area (Å²) in [5, 5.41) is 2.62. The molecule has 3 aromatic carbocycles. The van der Waals surface area contributed by atoms with Crippen molar-refractivity contribution in [1.29, 1.82) is 0 Å². The van der Waals surface area contributed by atoms with Crippen LogP contribution in [0.3, 0.4) is 0 Å². The lowest BCUT2D eigenvalue weighted by Gasteiger charge is -2.14. The SMILES string of the molecule is C[C@@H](OC(=O)Cc1cccc2ccccc12)c1nc2ccccc2c(=O)[nH]1. The fraction of sp³-hybridized carbons (Fsp3) is 0.136. The number of carbonyl (C=O) groups is 1. The highest BCUT2D eigenvalue weighted by Crippen LogP contribution is 2.21. The first-order valence-electron chi connectivity index (χ1n) is 8.77. The molecule has 0 aliphatic rings. The second-order valence-corrected chi connectivity index (χ2v) is 6.42. The molecule has 5 nitrogen and oxygen atoms in total. The van der Waals surface area contributed by atoms with Crippen LogP contribution >= 0.6 is 0 Å². The van der Waals surface area contributed by atoms with Gasteiger partial charge in [-0.1, -0.05) is 54.6 Å². The molecule has 0 amide bonds. The summed E-state index contributed by atoms with van der Waals surface area (Å²) in [6.45, 7) is 1.70. The summed E-state index contributed by atoms with van der Waals surface area (Å²) in [5.41, 5.74) is 1.24. The Bertz CT molecular complexity index is 1190. The van der Waals surface area contributed by atoms with Crippen molar-refractivity contribution in [2.75, 3.05) is 0 Å². The normalized spacial score (nSPS) is 12.2. The maximum Gasteiger partial charge on any atom is 0.310 e. The summed E-state index contributed by atoms with van der Waals surface area (Å²) < 4.78 is 5.52. The van der Waals surface area contributed by atoms with Gasteiger partial charge in [0.15, 0.2) is 11.9 Å². The molecule has 0 saturated carbocycles. The maximum atomic E-state index is 12.4. The summed E-state index contributed by atoms with van der Waals surface area (Å²) in [5.74, 6) is -0.0281. The molecule has 0 aliphatic carbocycles. The summed E-state index contributed by atoms with van der Waals surface area (Å²) in [4.78, 5) is 31.8. The Morgan fingerprint density at radius 3 is 2.56 bits per heavy atom. The topological polar surface area (TPSA) is 72.0 Å². The fourth-order valence-electron chi connectivity index (χ4n) is 3.19. The number of hydrogen-bond acceptors (Lipinski definition) is 4. The molecule has 0 saturated heterocycles. The number of esters is 1. The number of hydrogen-bond donors (Lipinski definition) is 1. The Labute approximate surface area is 155 Å². The number of rotatable bonds is 4. The lowest BCUT2D eigenvalue weighted by Crippen LogP contribution is -2.18. The number of aromatic nitrogens is 2. The molecule has 0 radical (unpaired) electrons. The number of carbonyl (C=O) groups excluding carboxylic acids is 1. The van der Waals surface area contributed by atoms with Crippen LogP contribution in [0.25, 0.3) is 21.7 Å². The van der Waals surface area contributed by atoms with Crippen molar-refractivity contribution >= 4 is 27.6 Å². The Morgan fingerprint density at radius 2 is 1.70 bits per heavy atom. The van der Waals surface area contributed by atoms with E-state index < -0.39 is 6.10 Å². The van der Waals surface area contributed by atoms with E-state index in [-0.39, 0.29) is 17.9 Å². The molecule has 0 unspecified atom stereocenters. The number of nitrogens with one attached hydrogen (secondary N) is 1. The van der Waals surface area contributed by atoms with Gasteiger partial charge in [-0.05, 0) is 35.4 Å². The van der Waals surface area contributed by atoms with E-state index in [1.807, 2.05) is 48.5 Å². The third kappa shape index (κ3) is 3.44. The van der Waals surface area contributed by atoms with Crippen molar-refractivity contribution in [3.8, 4) is 0 Å². The van der Waals surface area contributed by atoms with Gasteiger partial charge in [-0.3, -0.25) is 9.59 Å². The molecule has 1 N–H and O–H groups in total. The second kappa shape index (κ2) is 7.03. The monoisotopic (exact) mass is 358 g/mol. The molecule has 0 spiro atoms. The van der Waals surface area contributed by atoms with Crippen LogP contribution in [0, 0.1) is 0 Å². The molecule has 0 fully saturated rings. The van der Waals surface area contributed by atoms with Gasteiger partial charge in [-0.2, -0.15) is 0 Å². The lowest BCUT2D eigenvalue weighted by molar-refractivity contribution is -0.148. The average molecular weight is 358 g/mol. The van der Waals surface area contributed by atoms with Gasteiger partial charge in [0.2, 0.25) is 0 Å². The van der Waals surface area contributed by atoms with E-state index in [0.29, 0.717) is 16.7 Å². The fourth-order valence-corrected chi connectivity index (χ4v) is 3.19. The van der Waals surface area contributed by atoms with E-state index in [4.69, 9.17) is 4.74 Å². The lowest BCUT2D eigenvalue weighted by atomic mass is 10.0. The van der Waals surface area contributed by atoms with Crippen molar-refractivity contribution in [1.82, 2.24) is 9.97 Å². The molecular weight excluding hydrogens is 340 g/mol. The molecule has 4 aromatic rings. The van der Waals surface area contributed by atoms with Gasteiger partial charge in [0, 0.05) is 0 Å². The highest BCUT2D eigenvalue weighted by atomic mass is 16.5. The quantitative estimate of drug-likeness (QED) is 0.561. The van der Waals surface area contributed by atoms with Crippen molar-refractivity contribution < 1.29 is 9.53 Å². The Hall–Kier alpha value is -3.47. The van der Waals surface area contributed by atoms with Crippen molar-refractivity contribution in [3.63, 3.8) is 0 Å². The molecule has 4 rings (SSSR count). The zero-order chi connectivity index (χ0) is 18.8. The predicted molar refractivity (Wildman–Crippen MR) is 105 cm³/mol. The second-order valence-electron chi connectivity index (χ2n) is 6.42. The molecule has 0 aliphatic heterocycles. The number of para-hydroxylation sites is 1. The van der Waals surface area contributed by atoms with Crippen LogP contribution in [0.15, 0.2) is 71.5 Å². The summed E-state index contributed by atoms with van der Waals surface area (Å²) >= 11 is 0. The molecule has 1 aromatic heterocycles. The summed E-state index contributed by atoms with van der Waals surface area (Å²) in [6, 6.07) is 20.8. The standard InChI is InChI=1S/C22H18N2O3/c1-14(21-23-19-12-5-4-11-18(19)22(26)24-21)27-20(25)13-16-9-6-8-15-7-2-3-10-17(15)16/h2-12,14H,13H2,1H3,(H,23,24,26)/t14-/m1/s1. The van der Waals surface area contributed by atoms with E-state index >= 15 is 0 Å². The third-order valence-corrected chi connectivity index (χ3v) is 4.54. The van der Waals surface area contributed by atoms with Gasteiger partial charge in [0.1, 0.15) is 0 Å². The molecule has 5 heteroatoms. The number of nitrogens with zero attached hydrogens (tertiary/aromatic N) is 1. The van der Waals surface area contributed by atoms with Gasteiger partial charge in [0.25, 0.3) is 5.56 Å². The zero-order valence-corrected chi connectivity index (χ0v) is 14.8. The highest BCUT2D eigenvalue weighted by molar-refractivity contribution is 5.89. The predicted octanol–water partition coefficient (Wildman–Crippen LogP) is 3.92. The third-order valence-electron chi connectivity index (χ3n) is 4.54. The van der Waals surface area contributed by atoms with E-state index in [1.165, 1.54) is 0 Å². The Morgan fingerprint density at radius 1 is 1.00 bits per heavy atom. The molecule has 1 atom stereocenters. The average Bonchev–Trinajstić information content (AvgIpc) is 2.68. The minimum Gasteiger partial charge on any atom is -0.454 e. The van der Waals surface area contributed by atoms with E-state index in [9.17, 15) is 9.59 Å². The Kier molecular flexibility index (Phi) is 4.42. The van der Waals surface area contributed by atoms with Crippen molar-refractivity contribution in [2.24, 2.45) is 0 Å². The van der Waals surface area contributed by atoms with Crippen LogP contribution in [-0.2, 0) is 16.0 Å². The molecular formula is C22H18N2O3. The van der Waals surface area contributed by atoms with Crippen LogP contribution in [-0.4, -0.2) is 15.9 Å². The smallest absolute Gasteiger partial charge is 0.310 e. The number of benzene rings is 3. The Balaban J connectivity index is 1.55. The van der Waals surface area contributed by atoms with Crippen LogP contribution in [0.2, 0.25) is 0 Å². The molecule has 0 bridgehead atoms. The van der Waals surface area contributed by atoms with Crippen LogP contribution in [0.4, 0.5) is 0 Å². The van der Waals surface area contributed by atoms with E-state index in [1.54, 1.807) is 25.1 Å². The molecule has 134 valence electrons. The first-order chi connectivity index (χ1) is 13.1. The first kappa shape index (κ1) is 17.0. The zero-order valence-electron chi connectivity index (χ0n) is 14.8. The van der Waals surface area contributed by atoms with Gasteiger partial charge in [-0.25, -0.2) is 4.98 Å². The van der Waals surface area contributed by atoms with E-state index in [2.05, 4.69) is 9.97 Å². The highest BCUT2D eigenvalue weighted by Gasteiger charge is 2.16. The van der Waals surface area contributed by atoms with Crippen molar-refractivity contribution in [2.45, 2.75) is 19.4 Å². The van der Waals surface area contributed by atoms with Crippen LogP contribution < -0.4 is 5.56 Å². The summed E-state index contributed by atoms with van der Waals surface area (Å²) in [6.07, 6.45) is -0.492. The number of fused-ring (bicyclic) bond motifs is 2. The minimum absolute atomic E-state index is 0.156. The number of aromatic amines is 1. The van der Waals surface area contributed by atoms with Gasteiger partial charge < -0.3 is 9.72 Å². The van der Waals surface area contributed by atoms with E-state index in [0.717, 1.165) is 16.3 Å². The van der Waals surface area contributed by atoms with Gasteiger partial charge in [-0.15, -0.1) is 0 Å². The van der Waals surface area contributed by atoms with Crippen LogP contribution in [0.5, 0.6) is 0 Å². The van der Waals surface area contributed by atoms with Gasteiger partial charge >= 0.3 is 5.97 Å². The largest absolute Gasteiger partial charge is 0.454 e. The van der Waals surface area contributed by atoms with Gasteiger partial charge in [0.05, 0.1) is 17.3 Å². The first-order valence-corrected chi connectivity index (χ1v) is 8.77. The van der Waals surface area contributed by atoms with Crippen molar-refractivity contribution in [3.05, 3.63) is 88.5 Å².